The maximum Gasteiger partial charge on any atom is 0.472 e. The lowest BCUT2D eigenvalue weighted by Crippen LogP contribution is -2.36. The van der Waals surface area contributed by atoms with E-state index in [1.807, 2.05) is 0 Å². The maximum absolute atomic E-state index is 14.7. The molecule has 21 nitrogen and oxygen atoms in total. The summed E-state index contributed by atoms with van der Waals surface area (Å²) in [4.78, 5) is 51.5. The van der Waals surface area contributed by atoms with Gasteiger partial charge in [0.25, 0.3) is 5.56 Å². The van der Waals surface area contributed by atoms with E-state index >= 15 is 0 Å². The number of phosphoric ester groups is 2. The quantitative estimate of drug-likeness (QED) is 0.136. The number of nitrogens with zero attached hydrogens (tertiary/aromatic N) is 6. The number of aliphatic hydroxyl groups is 2. The zero-order valence-electron chi connectivity index (χ0n) is 22.3. The standard InChI is InChI=1S/C21H23FN8O13P2/c22-7-1-29(17-10(7)19(33)27-5-25-17)21-15-12(31)8(40-21)2-38-44(34,35)42-14-9(3-39-45(36,37)43-15)41-20(13(14)32)30-6-28-11-16(23)24-4-26-18(11)30/h1,4-6,8-9,12-15,20-21,31-32H,2-3H2,(H,34,35)(H,36,37)(H2,23,24,26)(H,25,27,33)/t8?,9?,12-,13-,14-,15-,20-,21-/m1/s1. The SMILES string of the molecule is Nc1ncnc2c1ncn2[C@@H]1OC2COP(=O)(O)O[C@@H]3[C@H](O)C(COP(=O)(O)O[C@H]2[C@H]1O)O[C@H]3n1cc(F)c2c(=O)[nH]cnc21. The van der Waals surface area contributed by atoms with Gasteiger partial charge in [0.05, 0.1) is 25.9 Å². The molecule has 7 N–H and O–H groups in total. The number of aromatic amines is 1. The fourth-order valence-corrected chi connectivity index (χ4v) is 7.31. The number of anilines is 1. The highest BCUT2D eigenvalue weighted by Gasteiger charge is 2.54. The molecule has 0 aromatic carbocycles. The predicted octanol–water partition coefficient (Wildman–Crippen LogP) is -1.18. The van der Waals surface area contributed by atoms with Crippen LogP contribution in [-0.4, -0.2) is 104 Å². The molecule has 242 valence electrons. The summed E-state index contributed by atoms with van der Waals surface area (Å²) >= 11 is 0. The first kappa shape index (κ1) is 30.4. The molecule has 3 aliphatic rings. The second-order valence-corrected chi connectivity index (χ2v) is 13.0. The molecular weight excluding hydrogens is 653 g/mol. The number of phosphoric acid groups is 2. The molecule has 2 bridgehead atoms. The van der Waals surface area contributed by atoms with Crippen molar-refractivity contribution >= 4 is 43.7 Å². The second-order valence-electron chi connectivity index (χ2n) is 10.2. The van der Waals surface area contributed by atoms with E-state index in [0.29, 0.717) is 0 Å². The zero-order valence-corrected chi connectivity index (χ0v) is 24.1. The van der Waals surface area contributed by atoms with E-state index in [2.05, 4.69) is 24.9 Å². The van der Waals surface area contributed by atoms with Crippen molar-refractivity contribution < 1.29 is 61.1 Å². The lowest BCUT2D eigenvalue weighted by Gasteiger charge is -2.26. The van der Waals surface area contributed by atoms with Gasteiger partial charge in [-0.15, -0.1) is 0 Å². The normalized spacial score (nSPS) is 37.7. The van der Waals surface area contributed by atoms with Crippen molar-refractivity contribution in [2.24, 2.45) is 0 Å². The average molecular weight is 676 g/mol. The van der Waals surface area contributed by atoms with Crippen LogP contribution in [-0.2, 0) is 36.7 Å². The summed E-state index contributed by atoms with van der Waals surface area (Å²) in [6.45, 7) is -1.73. The van der Waals surface area contributed by atoms with Crippen LogP contribution in [0.3, 0.4) is 0 Å². The first-order valence-electron chi connectivity index (χ1n) is 13.0. The highest BCUT2D eigenvalue weighted by atomic mass is 31.2. The molecule has 0 spiro atoms. The monoisotopic (exact) mass is 676 g/mol. The van der Waals surface area contributed by atoms with E-state index in [-0.39, 0.29) is 22.6 Å². The Kier molecular flexibility index (Phi) is 7.39. The molecule has 0 amide bonds. The first-order valence-corrected chi connectivity index (χ1v) is 16.0. The maximum atomic E-state index is 14.7. The van der Waals surface area contributed by atoms with Gasteiger partial charge in [-0.05, 0) is 0 Å². The number of nitrogens with one attached hydrogen (secondary N) is 1. The van der Waals surface area contributed by atoms with Crippen LogP contribution in [0.15, 0.2) is 30.0 Å². The topological polar surface area (TPSA) is 291 Å². The van der Waals surface area contributed by atoms with Gasteiger partial charge in [-0.1, -0.05) is 0 Å². The van der Waals surface area contributed by atoms with E-state index in [1.54, 1.807) is 0 Å². The van der Waals surface area contributed by atoms with E-state index in [9.17, 15) is 38.3 Å². The van der Waals surface area contributed by atoms with Gasteiger partial charge in [0.2, 0.25) is 0 Å². The Balaban J connectivity index is 1.21. The summed E-state index contributed by atoms with van der Waals surface area (Å²) in [7, 11) is -10.3. The molecule has 0 aliphatic carbocycles. The average Bonchev–Trinajstić information content (AvgIpc) is 3.71. The predicted molar refractivity (Wildman–Crippen MR) is 141 cm³/mol. The molecule has 10 atom stereocenters. The molecule has 3 saturated heterocycles. The Morgan fingerprint density at radius 2 is 1.60 bits per heavy atom. The van der Waals surface area contributed by atoms with Gasteiger partial charge in [0.15, 0.2) is 35.4 Å². The van der Waals surface area contributed by atoms with Gasteiger partial charge in [-0.3, -0.25) is 27.5 Å². The number of aliphatic hydroxyl groups excluding tert-OH is 2. The van der Waals surface area contributed by atoms with Crippen LogP contribution in [0.4, 0.5) is 10.2 Å². The van der Waals surface area contributed by atoms with E-state index < -0.39 is 94.7 Å². The number of fused-ring (bicyclic) bond motifs is 5. The van der Waals surface area contributed by atoms with Gasteiger partial charge in [0, 0.05) is 6.20 Å². The van der Waals surface area contributed by atoms with E-state index in [1.165, 1.54) is 10.9 Å². The van der Waals surface area contributed by atoms with Crippen molar-refractivity contribution in [2.75, 3.05) is 18.9 Å². The fraction of sp³-hybridized carbons (Fsp3) is 0.476. The molecule has 24 heteroatoms. The number of hydrogen-bond donors (Lipinski definition) is 6. The highest BCUT2D eigenvalue weighted by molar-refractivity contribution is 7.47. The number of aromatic nitrogens is 7. The number of nitrogens with two attached hydrogens (primary N) is 1. The largest absolute Gasteiger partial charge is 0.472 e. The molecule has 4 aromatic rings. The number of nitrogen functional groups attached to an aromatic ring is 1. The van der Waals surface area contributed by atoms with E-state index in [0.717, 1.165) is 23.4 Å². The summed E-state index contributed by atoms with van der Waals surface area (Å²) in [5.41, 5.74) is 5.00. The molecule has 45 heavy (non-hydrogen) atoms. The van der Waals surface area contributed by atoms with Gasteiger partial charge in [-0.25, -0.2) is 33.5 Å². The van der Waals surface area contributed by atoms with Crippen LogP contribution in [0.5, 0.6) is 0 Å². The number of imidazole rings is 1. The highest BCUT2D eigenvalue weighted by Crippen LogP contribution is 2.53. The minimum absolute atomic E-state index is 0.0237. The van der Waals surface area contributed by atoms with Gasteiger partial charge >= 0.3 is 15.6 Å². The fourth-order valence-electron chi connectivity index (χ4n) is 5.41. The third kappa shape index (κ3) is 5.27. The Labute approximate surface area is 248 Å². The smallest absolute Gasteiger partial charge is 0.387 e. The molecule has 3 aliphatic heterocycles. The number of H-pyrrole nitrogens is 1. The molecule has 7 heterocycles. The number of ether oxygens (including phenoxy) is 2. The van der Waals surface area contributed by atoms with Crippen LogP contribution >= 0.6 is 15.6 Å². The molecule has 0 radical (unpaired) electrons. The van der Waals surface area contributed by atoms with Crippen molar-refractivity contribution in [3.05, 3.63) is 41.3 Å². The van der Waals surface area contributed by atoms with E-state index in [4.69, 9.17) is 33.3 Å². The molecule has 7 rings (SSSR count). The minimum Gasteiger partial charge on any atom is -0.387 e. The van der Waals surface area contributed by atoms with Crippen molar-refractivity contribution in [1.82, 2.24) is 34.1 Å². The van der Waals surface area contributed by atoms with Crippen molar-refractivity contribution in [3.63, 3.8) is 0 Å². The van der Waals surface area contributed by atoms with Crippen LogP contribution < -0.4 is 11.3 Å². The van der Waals surface area contributed by atoms with Crippen molar-refractivity contribution in [2.45, 2.75) is 49.1 Å². The summed E-state index contributed by atoms with van der Waals surface area (Å²) in [6, 6.07) is 0. The van der Waals surface area contributed by atoms with Crippen molar-refractivity contribution in [3.8, 4) is 0 Å². The van der Waals surface area contributed by atoms with Crippen molar-refractivity contribution in [1.29, 1.82) is 0 Å². The summed E-state index contributed by atoms with van der Waals surface area (Å²) < 4.78 is 75.3. The zero-order chi connectivity index (χ0) is 31.8. The van der Waals surface area contributed by atoms with Gasteiger partial charge in [0.1, 0.15) is 53.9 Å². The van der Waals surface area contributed by atoms with Crippen LogP contribution in [0.2, 0.25) is 0 Å². The molecule has 3 fully saturated rings. The summed E-state index contributed by atoms with van der Waals surface area (Å²) in [5, 5.41) is 21.6. The summed E-state index contributed by atoms with van der Waals surface area (Å²) in [6.07, 6.45) is -8.97. The molecule has 0 saturated carbocycles. The lowest BCUT2D eigenvalue weighted by molar-refractivity contribution is -0.0671. The number of hydrogen-bond acceptors (Lipinski definition) is 16. The Hall–Kier alpha value is -3.24. The minimum atomic E-state index is -5.16. The second kappa shape index (κ2) is 10.9. The molecule has 4 unspecified atom stereocenters. The first-order chi connectivity index (χ1) is 21.3. The lowest BCUT2D eigenvalue weighted by atomic mass is 10.1. The molecule has 4 aromatic heterocycles. The van der Waals surface area contributed by atoms with Crippen LogP contribution in [0, 0.1) is 5.82 Å². The third-order valence-corrected chi connectivity index (χ3v) is 9.41. The van der Waals surface area contributed by atoms with Crippen LogP contribution in [0.1, 0.15) is 12.5 Å². The Morgan fingerprint density at radius 1 is 0.911 bits per heavy atom. The summed E-state index contributed by atoms with van der Waals surface area (Å²) in [5.74, 6) is -1.00. The van der Waals surface area contributed by atoms with Crippen LogP contribution in [0.25, 0.3) is 22.2 Å². The number of halogens is 1. The van der Waals surface area contributed by atoms with Gasteiger partial charge < -0.3 is 44.8 Å². The number of rotatable bonds is 2. The Bertz CT molecular complexity index is 1940. The molecular formula is C21H23FN8O13P2. The third-order valence-electron chi connectivity index (χ3n) is 7.44. The Morgan fingerprint density at radius 3 is 2.36 bits per heavy atom. The van der Waals surface area contributed by atoms with Gasteiger partial charge in [-0.2, -0.15) is 0 Å².